The van der Waals surface area contributed by atoms with Gasteiger partial charge in [0, 0.05) is 35.1 Å². The number of carbonyl (C=O) groups is 2. The van der Waals surface area contributed by atoms with Crippen molar-refractivity contribution < 1.29 is 9.59 Å². The molecule has 2 aromatic heterocycles. The van der Waals surface area contributed by atoms with Crippen LogP contribution in [0, 0.1) is 5.92 Å². The maximum atomic E-state index is 12.8. The van der Waals surface area contributed by atoms with Crippen LogP contribution in [0.3, 0.4) is 0 Å². The number of amides is 2. The van der Waals surface area contributed by atoms with Gasteiger partial charge in [-0.2, -0.15) is 5.10 Å². The molecule has 1 aliphatic carbocycles. The summed E-state index contributed by atoms with van der Waals surface area (Å²) < 4.78 is 1.79. The molecule has 162 valence electrons. The van der Waals surface area contributed by atoms with Gasteiger partial charge in [0.2, 0.25) is 5.91 Å². The molecule has 2 amide bonds. The van der Waals surface area contributed by atoms with E-state index >= 15 is 0 Å². The summed E-state index contributed by atoms with van der Waals surface area (Å²) in [7, 11) is 0. The van der Waals surface area contributed by atoms with Gasteiger partial charge in [0.05, 0.1) is 11.9 Å². The highest BCUT2D eigenvalue weighted by molar-refractivity contribution is 7.13. The van der Waals surface area contributed by atoms with Gasteiger partial charge in [-0.1, -0.05) is 24.6 Å². The van der Waals surface area contributed by atoms with Crippen LogP contribution in [-0.2, 0) is 4.79 Å². The van der Waals surface area contributed by atoms with E-state index in [4.69, 9.17) is 0 Å². The van der Waals surface area contributed by atoms with Gasteiger partial charge in [0.15, 0.2) is 0 Å². The quantitative estimate of drug-likeness (QED) is 0.614. The molecule has 1 saturated carbocycles. The maximum absolute atomic E-state index is 12.8. The minimum absolute atomic E-state index is 0.00450. The summed E-state index contributed by atoms with van der Waals surface area (Å²) in [6.07, 6.45) is 7.03. The summed E-state index contributed by atoms with van der Waals surface area (Å²) in [4.78, 5) is 29.6. The van der Waals surface area contributed by atoms with Crippen molar-refractivity contribution in [1.82, 2.24) is 25.4 Å². The first kappa shape index (κ1) is 21.2. The van der Waals surface area contributed by atoms with E-state index in [9.17, 15) is 9.59 Å². The molecule has 2 heterocycles. The molecule has 0 radical (unpaired) electrons. The van der Waals surface area contributed by atoms with E-state index in [2.05, 4.69) is 20.7 Å². The SMILES string of the molecule is CC(C)NC(=O)C1CCCC(NC(=O)c2csc(-c3cnn(-c4ccccc4)c3)n2)C1. The Morgan fingerprint density at radius 1 is 1.19 bits per heavy atom. The summed E-state index contributed by atoms with van der Waals surface area (Å²) in [6, 6.07) is 9.98. The van der Waals surface area contributed by atoms with Crippen LogP contribution in [-0.4, -0.2) is 38.7 Å². The molecule has 31 heavy (non-hydrogen) atoms. The van der Waals surface area contributed by atoms with Gasteiger partial charge in [-0.05, 0) is 45.2 Å². The largest absolute Gasteiger partial charge is 0.354 e. The molecule has 0 aliphatic heterocycles. The molecule has 2 atom stereocenters. The number of thiazole rings is 1. The Bertz CT molecular complexity index is 1040. The van der Waals surface area contributed by atoms with Gasteiger partial charge in [-0.3, -0.25) is 9.59 Å². The molecule has 8 heteroatoms. The Morgan fingerprint density at radius 3 is 2.77 bits per heavy atom. The molecule has 4 rings (SSSR count). The number of hydrogen-bond acceptors (Lipinski definition) is 5. The fourth-order valence-corrected chi connectivity index (χ4v) is 4.66. The van der Waals surface area contributed by atoms with Crippen LogP contribution in [0.2, 0.25) is 0 Å². The number of hydrogen-bond donors (Lipinski definition) is 2. The Labute approximate surface area is 185 Å². The molecule has 2 unspecified atom stereocenters. The van der Waals surface area contributed by atoms with E-state index in [0.717, 1.165) is 35.5 Å². The van der Waals surface area contributed by atoms with Crippen LogP contribution >= 0.6 is 11.3 Å². The number of nitrogens with zero attached hydrogens (tertiary/aromatic N) is 3. The minimum atomic E-state index is -0.187. The maximum Gasteiger partial charge on any atom is 0.270 e. The number of rotatable bonds is 6. The Balaban J connectivity index is 1.38. The van der Waals surface area contributed by atoms with E-state index in [1.165, 1.54) is 11.3 Å². The first-order valence-electron chi connectivity index (χ1n) is 10.7. The van der Waals surface area contributed by atoms with Gasteiger partial charge in [-0.25, -0.2) is 9.67 Å². The highest BCUT2D eigenvalue weighted by Crippen LogP contribution is 2.27. The molecule has 0 bridgehead atoms. The third kappa shape index (κ3) is 5.19. The van der Waals surface area contributed by atoms with Crippen molar-refractivity contribution in [2.75, 3.05) is 0 Å². The van der Waals surface area contributed by atoms with Gasteiger partial charge in [0.25, 0.3) is 5.91 Å². The van der Waals surface area contributed by atoms with Crippen molar-refractivity contribution in [3.8, 4) is 16.3 Å². The molecule has 0 saturated heterocycles. The van der Waals surface area contributed by atoms with Gasteiger partial charge >= 0.3 is 0 Å². The zero-order valence-electron chi connectivity index (χ0n) is 17.7. The van der Waals surface area contributed by atoms with Crippen LogP contribution in [0.4, 0.5) is 0 Å². The molecule has 2 N–H and O–H groups in total. The van der Waals surface area contributed by atoms with Crippen molar-refractivity contribution >= 4 is 23.2 Å². The summed E-state index contributed by atoms with van der Waals surface area (Å²) in [5.41, 5.74) is 2.24. The van der Waals surface area contributed by atoms with Crippen molar-refractivity contribution in [2.45, 2.75) is 51.6 Å². The third-order valence-electron chi connectivity index (χ3n) is 5.40. The summed E-state index contributed by atoms with van der Waals surface area (Å²) >= 11 is 1.42. The zero-order valence-corrected chi connectivity index (χ0v) is 18.6. The number of aromatic nitrogens is 3. The topological polar surface area (TPSA) is 88.9 Å². The Hall–Kier alpha value is -3.00. The van der Waals surface area contributed by atoms with Crippen LogP contribution in [0.1, 0.15) is 50.0 Å². The van der Waals surface area contributed by atoms with E-state index in [1.807, 2.05) is 50.4 Å². The van der Waals surface area contributed by atoms with Crippen molar-refractivity contribution in [2.24, 2.45) is 5.92 Å². The second-order valence-electron chi connectivity index (χ2n) is 8.24. The molecule has 1 aromatic carbocycles. The first-order chi connectivity index (χ1) is 15.0. The standard InChI is InChI=1S/C23H27N5O2S/c1-15(2)25-21(29)16-7-6-8-18(11-16)26-22(30)20-14-31-23(27-20)17-12-24-28(13-17)19-9-4-3-5-10-19/h3-5,9-10,12-16,18H,6-8,11H2,1-2H3,(H,25,29)(H,26,30). The fraction of sp³-hybridized carbons (Fsp3) is 0.391. The highest BCUT2D eigenvalue weighted by Gasteiger charge is 2.29. The van der Waals surface area contributed by atoms with Crippen LogP contribution in [0.15, 0.2) is 48.1 Å². The number of nitrogens with one attached hydrogen (secondary N) is 2. The molecular formula is C23H27N5O2S. The average molecular weight is 438 g/mol. The minimum Gasteiger partial charge on any atom is -0.354 e. The van der Waals surface area contributed by atoms with E-state index in [0.29, 0.717) is 12.1 Å². The predicted molar refractivity (Wildman–Crippen MR) is 121 cm³/mol. The smallest absolute Gasteiger partial charge is 0.270 e. The van der Waals surface area contributed by atoms with Crippen molar-refractivity contribution in [3.05, 3.63) is 53.8 Å². The van der Waals surface area contributed by atoms with Crippen molar-refractivity contribution in [1.29, 1.82) is 0 Å². The number of para-hydroxylation sites is 1. The normalized spacial score (nSPS) is 18.7. The zero-order chi connectivity index (χ0) is 21.8. The lowest BCUT2D eigenvalue weighted by atomic mass is 9.85. The second kappa shape index (κ2) is 9.43. The van der Waals surface area contributed by atoms with Crippen molar-refractivity contribution in [3.63, 3.8) is 0 Å². The average Bonchev–Trinajstić information content (AvgIpc) is 3.44. The van der Waals surface area contributed by atoms with Gasteiger partial charge in [0.1, 0.15) is 10.7 Å². The lowest BCUT2D eigenvalue weighted by molar-refractivity contribution is -0.126. The summed E-state index contributed by atoms with van der Waals surface area (Å²) in [5.74, 6) is -0.149. The van der Waals surface area contributed by atoms with Crippen LogP contribution < -0.4 is 10.6 Å². The molecule has 0 spiro atoms. The summed E-state index contributed by atoms with van der Waals surface area (Å²) in [5, 5.41) is 13.0. The summed E-state index contributed by atoms with van der Waals surface area (Å²) in [6.45, 7) is 3.92. The molecule has 3 aromatic rings. The van der Waals surface area contributed by atoms with Crippen LogP contribution in [0.25, 0.3) is 16.3 Å². The Kier molecular flexibility index (Phi) is 6.46. The van der Waals surface area contributed by atoms with E-state index in [-0.39, 0.29) is 29.8 Å². The van der Waals surface area contributed by atoms with Gasteiger partial charge < -0.3 is 10.6 Å². The fourth-order valence-electron chi connectivity index (χ4n) is 3.89. The van der Waals surface area contributed by atoms with E-state index in [1.54, 1.807) is 16.3 Å². The first-order valence-corrected chi connectivity index (χ1v) is 11.5. The second-order valence-corrected chi connectivity index (χ2v) is 9.10. The van der Waals surface area contributed by atoms with Crippen LogP contribution in [0.5, 0.6) is 0 Å². The third-order valence-corrected chi connectivity index (χ3v) is 6.29. The lowest BCUT2D eigenvalue weighted by Gasteiger charge is -2.29. The number of carbonyl (C=O) groups excluding carboxylic acids is 2. The Morgan fingerprint density at radius 2 is 2.00 bits per heavy atom. The number of benzene rings is 1. The molecule has 1 fully saturated rings. The molecule has 7 nitrogen and oxygen atoms in total. The highest BCUT2D eigenvalue weighted by atomic mass is 32.1. The predicted octanol–water partition coefficient (Wildman–Crippen LogP) is 3.81. The molecular weight excluding hydrogens is 410 g/mol. The molecule has 1 aliphatic rings. The monoisotopic (exact) mass is 437 g/mol. The lowest BCUT2D eigenvalue weighted by Crippen LogP contribution is -2.43. The van der Waals surface area contributed by atoms with E-state index < -0.39 is 0 Å². The van der Waals surface area contributed by atoms with Gasteiger partial charge in [-0.15, -0.1) is 11.3 Å².